The average Bonchev–Trinajstić information content (AvgIpc) is 3.06. The summed E-state index contributed by atoms with van der Waals surface area (Å²) in [7, 11) is 1.68. The first-order valence-corrected chi connectivity index (χ1v) is 22.8. The predicted octanol–water partition coefficient (Wildman–Crippen LogP) is 12.1. The zero-order valence-corrected chi connectivity index (χ0v) is 34.8. The first-order chi connectivity index (χ1) is 24.1. The molecule has 0 heterocycles. The molecule has 0 aromatic carbocycles. The summed E-state index contributed by atoms with van der Waals surface area (Å²) >= 11 is 0. The van der Waals surface area contributed by atoms with Gasteiger partial charge in [0.05, 0.1) is 34.4 Å². The summed E-state index contributed by atoms with van der Waals surface area (Å²) < 4.78 is 34.9. The number of ether oxygens (including phenoxy) is 2. The number of phosphoric acid groups is 1. The number of hydrogen-bond acceptors (Lipinski definition) is 6. The zero-order chi connectivity index (χ0) is 37.0. The number of rotatable bonds is 40. The SMILES string of the molecule is CCCCCCCCCCCCCCCCCCCCCOCC(COP(=O)(O)OCC[N+](C)(C)C)OC(=O)CCCCCCCCCCC. The van der Waals surface area contributed by atoms with E-state index in [2.05, 4.69) is 13.8 Å². The topological polar surface area (TPSA) is 91.3 Å². The number of esters is 1. The molecule has 0 fully saturated rings. The number of phosphoric ester groups is 1. The van der Waals surface area contributed by atoms with E-state index in [1.807, 2.05) is 21.1 Å². The van der Waals surface area contributed by atoms with Crippen molar-refractivity contribution in [3.05, 3.63) is 0 Å². The van der Waals surface area contributed by atoms with Crippen molar-refractivity contribution in [2.24, 2.45) is 0 Å². The number of likely N-dealkylation sites (N-methyl/N-ethyl adjacent to an activating group) is 1. The van der Waals surface area contributed by atoms with E-state index < -0.39 is 13.9 Å². The van der Waals surface area contributed by atoms with E-state index in [4.69, 9.17) is 18.5 Å². The number of carbonyl (C=O) groups is 1. The molecule has 0 aromatic heterocycles. The largest absolute Gasteiger partial charge is 0.472 e. The summed E-state index contributed by atoms with van der Waals surface area (Å²) in [6.45, 7) is 5.65. The molecule has 9 heteroatoms. The lowest BCUT2D eigenvalue weighted by molar-refractivity contribution is -0.870. The van der Waals surface area contributed by atoms with Crippen molar-refractivity contribution >= 4 is 13.8 Å². The van der Waals surface area contributed by atoms with Gasteiger partial charge in [-0.25, -0.2) is 4.57 Å². The Morgan fingerprint density at radius 3 is 1.32 bits per heavy atom. The molecular weight excluding hydrogens is 649 g/mol. The van der Waals surface area contributed by atoms with Gasteiger partial charge >= 0.3 is 13.8 Å². The lowest BCUT2D eigenvalue weighted by atomic mass is 10.0. The Morgan fingerprint density at radius 2 is 0.920 bits per heavy atom. The quantitative estimate of drug-likeness (QED) is 0.0290. The summed E-state index contributed by atoms with van der Waals surface area (Å²) in [5, 5.41) is 0. The summed E-state index contributed by atoms with van der Waals surface area (Å²) in [5.41, 5.74) is 0. The molecule has 0 aliphatic carbocycles. The van der Waals surface area contributed by atoms with Crippen molar-refractivity contribution in [2.45, 2.75) is 206 Å². The average molecular weight is 735 g/mol. The highest BCUT2D eigenvalue weighted by Crippen LogP contribution is 2.43. The molecule has 0 spiro atoms. The molecule has 0 rings (SSSR count). The highest BCUT2D eigenvalue weighted by Gasteiger charge is 2.26. The molecule has 0 saturated heterocycles. The lowest BCUT2D eigenvalue weighted by Gasteiger charge is -2.24. The van der Waals surface area contributed by atoms with Crippen LogP contribution in [-0.2, 0) is 27.9 Å². The van der Waals surface area contributed by atoms with Gasteiger partial charge in [0, 0.05) is 13.0 Å². The van der Waals surface area contributed by atoms with Gasteiger partial charge in [-0.2, -0.15) is 0 Å². The fourth-order valence-electron chi connectivity index (χ4n) is 6.08. The van der Waals surface area contributed by atoms with Gasteiger partial charge in [0.2, 0.25) is 0 Å². The molecule has 0 saturated carbocycles. The smallest absolute Gasteiger partial charge is 0.457 e. The summed E-state index contributed by atoms with van der Waals surface area (Å²) in [6, 6.07) is 0. The molecule has 50 heavy (non-hydrogen) atoms. The Balaban J connectivity index is 4.10. The van der Waals surface area contributed by atoms with Crippen LogP contribution in [0.15, 0.2) is 0 Å². The van der Waals surface area contributed by atoms with E-state index in [0.717, 1.165) is 32.1 Å². The molecule has 0 amide bonds. The van der Waals surface area contributed by atoms with Gasteiger partial charge in [-0.15, -0.1) is 0 Å². The molecule has 0 bridgehead atoms. The van der Waals surface area contributed by atoms with E-state index in [9.17, 15) is 14.3 Å². The molecule has 1 N–H and O–H groups in total. The minimum Gasteiger partial charge on any atom is -0.457 e. The fourth-order valence-corrected chi connectivity index (χ4v) is 6.82. The van der Waals surface area contributed by atoms with E-state index in [1.54, 1.807) is 0 Å². The van der Waals surface area contributed by atoms with Gasteiger partial charge in [0.1, 0.15) is 19.3 Å². The number of hydrogen-bond donors (Lipinski definition) is 1. The third-order valence-electron chi connectivity index (χ3n) is 9.42. The van der Waals surface area contributed by atoms with Gasteiger partial charge < -0.3 is 18.9 Å². The van der Waals surface area contributed by atoms with E-state index in [0.29, 0.717) is 24.1 Å². The Bertz CT molecular complexity index is 777. The van der Waals surface area contributed by atoms with Gasteiger partial charge in [-0.1, -0.05) is 181 Å². The van der Waals surface area contributed by atoms with Crippen molar-refractivity contribution < 1.29 is 37.3 Å². The van der Waals surface area contributed by atoms with Crippen molar-refractivity contribution in [1.82, 2.24) is 0 Å². The van der Waals surface area contributed by atoms with E-state index in [1.165, 1.54) is 148 Å². The standard InChI is InChI=1S/C41H84NO7P/c1-6-8-10-12-14-16-17-18-19-20-21-22-23-24-25-27-29-31-33-36-46-38-40(39-48-50(44,45)47-37-35-42(3,4)5)49-41(43)34-32-30-28-26-15-13-11-9-7-2/h40H,6-39H2,1-5H3/p+1. The summed E-state index contributed by atoms with van der Waals surface area (Å²) in [6.07, 6.45) is 35.7. The zero-order valence-electron chi connectivity index (χ0n) is 33.9. The highest BCUT2D eigenvalue weighted by molar-refractivity contribution is 7.47. The molecule has 300 valence electrons. The lowest BCUT2D eigenvalue weighted by Crippen LogP contribution is -2.37. The summed E-state index contributed by atoms with van der Waals surface area (Å²) in [5.74, 6) is -0.313. The van der Waals surface area contributed by atoms with Crippen molar-refractivity contribution in [3.63, 3.8) is 0 Å². The Labute approximate surface area is 310 Å². The molecule has 2 unspecified atom stereocenters. The third-order valence-corrected chi connectivity index (χ3v) is 10.4. The predicted molar refractivity (Wildman–Crippen MR) is 211 cm³/mol. The van der Waals surface area contributed by atoms with Crippen molar-refractivity contribution in [2.75, 3.05) is 54.1 Å². The normalized spacial score (nSPS) is 13.8. The molecule has 0 radical (unpaired) electrons. The molecule has 0 aromatic rings. The van der Waals surface area contributed by atoms with Gasteiger partial charge in [0.15, 0.2) is 0 Å². The second-order valence-electron chi connectivity index (χ2n) is 15.7. The third kappa shape index (κ3) is 38.7. The first kappa shape index (κ1) is 49.5. The maximum absolute atomic E-state index is 12.6. The molecule has 2 atom stereocenters. The van der Waals surface area contributed by atoms with Crippen molar-refractivity contribution in [3.8, 4) is 0 Å². The molecule has 0 aliphatic heterocycles. The van der Waals surface area contributed by atoms with Crippen molar-refractivity contribution in [1.29, 1.82) is 0 Å². The Kier molecular flexibility index (Phi) is 35.2. The van der Waals surface area contributed by atoms with Crippen LogP contribution >= 0.6 is 7.82 Å². The number of nitrogens with zero attached hydrogens (tertiary/aromatic N) is 1. The second-order valence-corrected chi connectivity index (χ2v) is 17.2. The summed E-state index contributed by atoms with van der Waals surface area (Å²) in [4.78, 5) is 22.7. The van der Waals surface area contributed by atoms with Gasteiger partial charge in [-0.05, 0) is 12.8 Å². The van der Waals surface area contributed by atoms with E-state index in [-0.39, 0.29) is 25.8 Å². The maximum atomic E-state index is 12.6. The van der Waals surface area contributed by atoms with Crippen LogP contribution < -0.4 is 0 Å². The van der Waals surface area contributed by atoms with Crippen LogP contribution in [0.1, 0.15) is 200 Å². The van der Waals surface area contributed by atoms with Gasteiger partial charge in [-0.3, -0.25) is 13.8 Å². The fraction of sp³-hybridized carbons (Fsp3) is 0.976. The second kappa shape index (κ2) is 35.5. The monoisotopic (exact) mass is 735 g/mol. The van der Waals surface area contributed by atoms with Crippen LogP contribution in [0.25, 0.3) is 0 Å². The first-order valence-electron chi connectivity index (χ1n) is 21.3. The Hall–Kier alpha value is -0.500. The molecular formula is C41H85NO7P+. The van der Waals surface area contributed by atoms with Crippen LogP contribution in [-0.4, -0.2) is 75.6 Å². The van der Waals surface area contributed by atoms with Crippen LogP contribution in [0.2, 0.25) is 0 Å². The van der Waals surface area contributed by atoms with Gasteiger partial charge in [0.25, 0.3) is 0 Å². The minimum absolute atomic E-state index is 0.0935. The number of quaternary nitrogens is 1. The number of carbonyl (C=O) groups excluding carboxylic acids is 1. The van der Waals surface area contributed by atoms with Crippen LogP contribution in [0.3, 0.4) is 0 Å². The maximum Gasteiger partial charge on any atom is 0.472 e. The van der Waals surface area contributed by atoms with E-state index >= 15 is 0 Å². The highest BCUT2D eigenvalue weighted by atomic mass is 31.2. The minimum atomic E-state index is -4.26. The molecule has 8 nitrogen and oxygen atoms in total. The van der Waals surface area contributed by atoms with Crippen LogP contribution in [0.4, 0.5) is 0 Å². The number of unbranched alkanes of at least 4 members (excludes halogenated alkanes) is 26. The van der Waals surface area contributed by atoms with Crippen LogP contribution in [0, 0.1) is 0 Å². The van der Waals surface area contributed by atoms with Crippen LogP contribution in [0.5, 0.6) is 0 Å². The molecule has 0 aliphatic rings. The Morgan fingerprint density at radius 1 is 0.540 bits per heavy atom.